The van der Waals surface area contributed by atoms with Crippen LogP contribution in [0.15, 0.2) is 59.9 Å². The first kappa shape index (κ1) is 23.4. The Hall–Kier alpha value is -1.87. The highest BCUT2D eigenvalue weighted by molar-refractivity contribution is 14.0. The molecule has 1 unspecified atom stereocenters. The molecule has 0 bridgehead atoms. The third kappa shape index (κ3) is 7.47. The summed E-state index contributed by atoms with van der Waals surface area (Å²) in [5.41, 5.74) is 1.26. The first-order valence-corrected chi connectivity index (χ1v) is 10.6. The Labute approximate surface area is 194 Å². The van der Waals surface area contributed by atoms with Crippen molar-refractivity contribution in [2.24, 2.45) is 4.99 Å². The summed E-state index contributed by atoms with van der Waals surface area (Å²) in [5.74, 6) is 1.79. The zero-order valence-corrected chi connectivity index (χ0v) is 20.4. The van der Waals surface area contributed by atoms with Crippen LogP contribution in [0.1, 0.15) is 35.0 Å². The van der Waals surface area contributed by atoms with Crippen molar-refractivity contribution in [3.05, 3.63) is 76.0 Å². The van der Waals surface area contributed by atoms with Crippen LogP contribution in [0.3, 0.4) is 0 Å². The fourth-order valence-electron chi connectivity index (χ4n) is 3.07. The summed E-state index contributed by atoms with van der Waals surface area (Å²) in [6.45, 7) is 8.60. The van der Waals surface area contributed by atoms with Crippen LogP contribution in [0, 0.1) is 6.92 Å². The van der Waals surface area contributed by atoms with Gasteiger partial charge in [-0.05, 0) is 38.5 Å². The smallest absolute Gasteiger partial charge is 0.191 e. The molecule has 1 aromatic carbocycles. The van der Waals surface area contributed by atoms with E-state index in [1.54, 1.807) is 0 Å². The minimum Gasteiger partial charge on any atom is -0.357 e. The fraction of sp³-hybridized carbons (Fsp3) is 0.364. The Morgan fingerprint density at radius 1 is 1.21 bits per heavy atom. The third-order valence-electron chi connectivity index (χ3n) is 4.41. The molecule has 3 aromatic rings. The van der Waals surface area contributed by atoms with Crippen LogP contribution in [-0.2, 0) is 19.5 Å². The quantitative estimate of drug-likeness (QED) is 0.258. The molecule has 0 amide bonds. The number of rotatable bonds is 8. The summed E-state index contributed by atoms with van der Waals surface area (Å²) in [7, 11) is 0. The number of imidazole rings is 1. The molecule has 1 atom stereocenters. The molecule has 0 spiro atoms. The average molecular weight is 523 g/mol. The summed E-state index contributed by atoms with van der Waals surface area (Å²) in [6.07, 6.45) is 4.85. The minimum atomic E-state index is 0. The van der Waals surface area contributed by atoms with Crippen LogP contribution in [-0.4, -0.2) is 28.1 Å². The minimum absolute atomic E-state index is 0. The van der Waals surface area contributed by atoms with Crippen molar-refractivity contribution < 1.29 is 0 Å². The van der Waals surface area contributed by atoms with Gasteiger partial charge in [0.05, 0.1) is 0 Å². The van der Waals surface area contributed by atoms with Crippen LogP contribution in [0.25, 0.3) is 0 Å². The van der Waals surface area contributed by atoms with Gasteiger partial charge < -0.3 is 15.2 Å². The van der Waals surface area contributed by atoms with Gasteiger partial charge in [-0.2, -0.15) is 0 Å². The van der Waals surface area contributed by atoms with Crippen molar-refractivity contribution in [1.82, 2.24) is 20.2 Å². The van der Waals surface area contributed by atoms with E-state index in [0.29, 0.717) is 12.6 Å². The number of guanidine groups is 1. The van der Waals surface area contributed by atoms with E-state index in [0.717, 1.165) is 31.3 Å². The Kier molecular flexibility index (Phi) is 9.66. The SMILES string of the molecule is CCNC(=NCc1nccn1Cc1ccccc1)NC(C)Cc1ccc(C)s1.I. The van der Waals surface area contributed by atoms with Crippen molar-refractivity contribution >= 4 is 41.3 Å². The Morgan fingerprint density at radius 3 is 2.69 bits per heavy atom. The van der Waals surface area contributed by atoms with Gasteiger partial charge in [0.1, 0.15) is 12.4 Å². The Bertz CT molecular complexity index is 888. The molecular formula is C22H30IN5S. The van der Waals surface area contributed by atoms with Gasteiger partial charge in [-0.15, -0.1) is 35.3 Å². The molecule has 0 radical (unpaired) electrons. The number of benzene rings is 1. The number of aryl methyl sites for hydroxylation is 1. The molecule has 0 aliphatic carbocycles. The Morgan fingerprint density at radius 2 is 2.00 bits per heavy atom. The molecule has 2 N–H and O–H groups in total. The number of hydrogen-bond acceptors (Lipinski definition) is 3. The third-order valence-corrected chi connectivity index (χ3v) is 5.43. The van der Waals surface area contributed by atoms with Crippen LogP contribution in [0.2, 0.25) is 0 Å². The van der Waals surface area contributed by atoms with Crippen molar-refractivity contribution in [2.45, 2.75) is 46.3 Å². The van der Waals surface area contributed by atoms with E-state index in [9.17, 15) is 0 Å². The van der Waals surface area contributed by atoms with Gasteiger partial charge in [0, 0.05) is 47.7 Å². The normalized spacial score (nSPS) is 12.3. The van der Waals surface area contributed by atoms with Crippen molar-refractivity contribution in [3.63, 3.8) is 0 Å². The monoisotopic (exact) mass is 523 g/mol. The van der Waals surface area contributed by atoms with Crippen LogP contribution in [0.5, 0.6) is 0 Å². The second-order valence-corrected chi connectivity index (χ2v) is 8.29. The molecule has 0 aliphatic rings. The highest BCUT2D eigenvalue weighted by Crippen LogP contribution is 2.16. The summed E-state index contributed by atoms with van der Waals surface area (Å²) in [4.78, 5) is 12.0. The highest BCUT2D eigenvalue weighted by Gasteiger charge is 2.09. The first-order valence-electron chi connectivity index (χ1n) is 9.78. The predicted octanol–water partition coefficient (Wildman–Crippen LogP) is 4.61. The van der Waals surface area contributed by atoms with Crippen LogP contribution < -0.4 is 10.6 Å². The van der Waals surface area contributed by atoms with Gasteiger partial charge in [-0.1, -0.05) is 30.3 Å². The maximum atomic E-state index is 4.76. The lowest BCUT2D eigenvalue weighted by molar-refractivity contribution is 0.642. The molecule has 156 valence electrons. The summed E-state index contributed by atoms with van der Waals surface area (Å²) in [5, 5.41) is 6.86. The number of aliphatic imine (C=N–C) groups is 1. The second-order valence-electron chi connectivity index (χ2n) is 6.91. The maximum absolute atomic E-state index is 4.76. The molecule has 7 heteroatoms. The average Bonchev–Trinajstić information content (AvgIpc) is 3.29. The van der Waals surface area contributed by atoms with Crippen molar-refractivity contribution in [3.8, 4) is 0 Å². The Balaban J connectivity index is 0.00000300. The van der Waals surface area contributed by atoms with E-state index in [4.69, 9.17) is 4.99 Å². The topological polar surface area (TPSA) is 54.2 Å². The second kappa shape index (κ2) is 12.0. The lowest BCUT2D eigenvalue weighted by Gasteiger charge is -2.17. The van der Waals surface area contributed by atoms with Crippen molar-refractivity contribution in [1.29, 1.82) is 0 Å². The lowest BCUT2D eigenvalue weighted by Crippen LogP contribution is -2.43. The lowest BCUT2D eigenvalue weighted by atomic mass is 10.2. The van der Waals surface area contributed by atoms with Crippen molar-refractivity contribution in [2.75, 3.05) is 6.54 Å². The fourth-order valence-corrected chi connectivity index (χ4v) is 4.09. The zero-order valence-electron chi connectivity index (χ0n) is 17.3. The molecule has 2 heterocycles. The van der Waals surface area contributed by atoms with Crippen LogP contribution >= 0.6 is 35.3 Å². The standard InChI is InChI=1S/C22H29N5S.HI/c1-4-23-22(26-17(2)14-20-11-10-18(3)28-20)25-15-21-24-12-13-27(21)16-19-8-6-5-7-9-19;/h5-13,17H,4,14-16H2,1-3H3,(H2,23,25,26);1H. The molecule has 3 rings (SSSR count). The molecule has 0 fully saturated rings. The van der Waals surface area contributed by atoms with E-state index >= 15 is 0 Å². The first-order chi connectivity index (χ1) is 13.6. The number of aromatic nitrogens is 2. The van der Waals surface area contributed by atoms with E-state index in [2.05, 4.69) is 77.4 Å². The summed E-state index contributed by atoms with van der Waals surface area (Å²) >= 11 is 1.86. The van der Waals surface area contributed by atoms with Gasteiger partial charge >= 0.3 is 0 Å². The number of halogens is 1. The molecule has 2 aromatic heterocycles. The van der Waals surface area contributed by atoms with Gasteiger partial charge in [0.2, 0.25) is 0 Å². The molecule has 5 nitrogen and oxygen atoms in total. The highest BCUT2D eigenvalue weighted by atomic mass is 127. The predicted molar refractivity (Wildman–Crippen MR) is 133 cm³/mol. The van der Waals surface area contributed by atoms with E-state index in [1.807, 2.05) is 29.8 Å². The van der Waals surface area contributed by atoms with E-state index in [-0.39, 0.29) is 24.0 Å². The number of nitrogens with one attached hydrogen (secondary N) is 2. The molecule has 0 saturated heterocycles. The number of nitrogens with zero attached hydrogens (tertiary/aromatic N) is 3. The molecule has 29 heavy (non-hydrogen) atoms. The molecule has 0 saturated carbocycles. The largest absolute Gasteiger partial charge is 0.357 e. The van der Waals surface area contributed by atoms with E-state index in [1.165, 1.54) is 15.3 Å². The summed E-state index contributed by atoms with van der Waals surface area (Å²) in [6, 6.07) is 15.1. The molecule has 0 aliphatic heterocycles. The molecular weight excluding hydrogens is 493 g/mol. The van der Waals surface area contributed by atoms with Gasteiger partial charge in [0.25, 0.3) is 0 Å². The number of thiophene rings is 1. The van der Waals surface area contributed by atoms with Crippen LogP contribution in [0.4, 0.5) is 0 Å². The maximum Gasteiger partial charge on any atom is 0.191 e. The number of hydrogen-bond donors (Lipinski definition) is 2. The summed E-state index contributed by atoms with van der Waals surface area (Å²) < 4.78 is 2.15. The zero-order chi connectivity index (χ0) is 19.8. The van der Waals surface area contributed by atoms with E-state index < -0.39 is 0 Å². The van der Waals surface area contributed by atoms with Gasteiger partial charge in [-0.3, -0.25) is 0 Å². The van der Waals surface area contributed by atoms with Gasteiger partial charge in [-0.25, -0.2) is 9.98 Å². The van der Waals surface area contributed by atoms with Gasteiger partial charge in [0.15, 0.2) is 5.96 Å².